The number of carbonyl (C=O) groups excluding carboxylic acids is 1. The van der Waals surface area contributed by atoms with Crippen LogP contribution in [0.4, 0.5) is 0 Å². The zero-order valence-corrected chi connectivity index (χ0v) is 14.0. The van der Waals surface area contributed by atoms with E-state index in [-0.39, 0.29) is 22.7 Å². The van der Waals surface area contributed by atoms with Gasteiger partial charge in [0.2, 0.25) is 0 Å². The molecule has 2 heterocycles. The fourth-order valence-electron chi connectivity index (χ4n) is 2.67. The summed E-state index contributed by atoms with van der Waals surface area (Å²) in [5.41, 5.74) is 0.824. The lowest BCUT2D eigenvalue weighted by Gasteiger charge is -2.08. The van der Waals surface area contributed by atoms with Crippen molar-refractivity contribution in [3.63, 3.8) is 0 Å². The summed E-state index contributed by atoms with van der Waals surface area (Å²) in [6.07, 6.45) is 2.94. The molecule has 0 aliphatic rings. The minimum atomic E-state index is -0.590. The van der Waals surface area contributed by atoms with Gasteiger partial charge in [0, 0.05) is 24.5 Å². The summed E-state index contributed by atoms with van der Waals surface area (Å²) in [4.78, 5) is 28.2. The standard InChI is InChI=1S/C21H13NO5/c23-17-10-14(26-21(25)13-4-3-9-22-12-13)7-8-16(17)20-11-18(24)15-5-1-2-6-19(15)27-20/h1-12,23H. The van der Waals surface area contributed by atoms with E-state index in [0.29, 0.717) is 22.1 Å². The lowest BCUT2D eigenvalue weighted by Crippen LogP contribution is -2.08. The van der Waals surface area contributed by atoms with Gasteiger partial charge in [-0.3, -0.25) is 9.78 Å². The summed E-state index contributed by atoms with van der Waals surface area (Å²) in [6.45, 7) is 0. The SMILES string of the molecule is O=C(Oc1ccc(-c2cc(=O)c3ccccc3o2)c(O)c1)c1cccnc1. The number of phenols is 1. The van der Waals surface area contributed by atoms with Crippen molar-refractivity contribution in [1.29, 1.82) is 0 Å². The number of rotatable bonds is 3. The Bertz CT molecular complexity index is 1200. The molecule has 0 aliphatic carbocycles. The molecule has 0 unspecified atom stereocenters. The maximum absolute atomic E-state index is 12.2. The van der Waals surface area contributed by atoms with Gasteiger partial charge in [0.05, 0.1) is 16.5 Å². The second kappa shape index (κ2) is 6.76. The Hall–Kier alpha value is -3.93. The maximum Gasteiger partial charge on any atom is 0.345 e. The van der Waals surface area contributed by atoms with E-state index in [4.69, 9.17) is 9.15 Å². The van der Waals surface area contributed by atoms with Crippen LogP contribution in [-0.2, 0) is 0 Å². The number of ether oxygens (including phenoxy) is 1. The number of hydrogen-bond acceptors (Lipinski definition) is 6. The van der Waals surface area contributed by atoms with Crippen molar-refractivity contribution in [2.45, 2.75) is 0 Å². The summed E-state index contributed by atoms with van der Waals surface area (Å²) in [6, 6.07) is 15.7. The average molecular weight is 359 g/mol. The zero-order valence-electron chi connectivity index (χ0n) is 14.0. The van der Waals surface area contributed by atoms with Gasteiger partial charge >= 0.3 is 5.97 Å². The summed E-state index contributed by atoms with van der Waals surface area (Å²) in [5.74, 6) is -0.382. The van der Waals surface area contributed by atoms with Gasteiger partial charge in [-0.1, -0.05) is 12.1 Å². The molecular weight excluding hydrogens is 346 g/mol. The van der Waals surface area contributed by atoms with Crippen LogP contribution in [0.3, 0.4) is 0 Å². The van der Waals surface area contributed by atoms with Crippen molar-refractivity contribution < 1.29 is 19.1 Å². The number of benzene rings is 2. The van der Waals surface area contributed by atoms with Gasteiger partial charge < -0.3 is 14.3 Å². The number of pyridine rings is 1. The van der Waals surface area contributed by atoms with Crippen LogP contribution in [0.1, 0.15) is 10.4 Å². The van der Waals surface area contributed by atoms with E-state index in [1.807, 2.05) is 0 Å². The zero-order chi connectivity index (χ0) is 18.8. The Morgan fingerprint density at radius 2 is 1.89 bits per heavy atom. The molecule has 0 radical (unpaired) electrons. The minimum Gasteiger partial charge on any atom is -0.507 e. The number of carbonyl (C=O) groups is 1. The Labute approximate surface area is 153 Å². The fraction of sp³-hybridized carbons (Fsp3) is 0. The normalized spacial score (nSPS) is 10.7. The number of aromatic hydroxyl groups is 1. The number of hydrogen-bond donors (Lipinski definition) is 1. The second-order valence-electron chi connectivity index (χ2n) is 5.78. The third-order valence-electron chi connectivity index (χ3n) is 3.98. The smallest absolute Gasteiger partial charge is 0.345 e. The molecule has 6 heteroatoms. The van der Waals surface area contributed by atoms with Crippen LogP contribution < -0.4 is 10.2 Å². The van der Waals surface area contributed by atoms with E-state index in [1.54, 1.807) is 42.6 Å². The summed E-state index contributed by atoms with van der Waals surface area (Å²) < 4.78 is 11.0. The van der Waals surface area contributed by atoms with Crippen LogP contribution in [0.5, 0.6) is 11.5 Å². The fourth-order valence-corrected chi connectivity index (χ4v) is 2.67. The van der Waals surface area contributed by atoms with Crippen molar-refractivity contribution in [1.82, 2.24) is 4.98 Å². The molecule has 4 rings (SSSR count). The second-order valence-corrected chi connectivity index (χ2v) is 5.78. The Balaban J connectivity index is 1.66. The monoisotopic (exact) mass is 359 g/mol. The highest BCUT2D eigenvalue weighted by Crippen LogP contribution is 2.33. The first-order valence-electron chi connectivity index (χ1n) is 8.10. The van der Waals surface area contributed by atoms with Crippen molar-refractivity contribution >= 4 is 16.9 Å². The molecule has 0 spiro atoms. The third-order valence-corrected chi connectivity index (χ3v) is 3.98. The Morgan fingerprint density at radius 1 is 1.04 bits per heavy atom. The average Bonchev–Trinajstić information content (AvgIpc) is 2.69. The molecule has 0 fully saturated rings. The molecule has 132 valence electrons. The van der Waals surface area contributed by atoms with E-state index in [0.717, 1.165) is 0 Å². The van der Waals surface area contributed by atoms with E-state index in [9.17, 15) is 14.7 Å². The van der Waals surface area contributed by atoms with Gasteiger partial charge in [0.1, 0.15) is 22.8 Å². The van der Waals surface area contributed by atoms with Gasteiger partial charge in [0.15, 0.2) is 5.43 Å². The number of esters is 1. The molecule has 2 aromatic heterocycles. The largest absolute Gasteiger partial charge is 0.507 e. The highest BCUT2D eigenvalue weighted by atomic mass is 16.5. The molecule has 0 saturated carbocycles. The molecule has 27 heavy (non-hydrogen) atoms. The molecular formula is C21H13NO5. The number of nitrogens with zero attached hydrogens (tertiary/aromatic N) is 1. The van der Waals surface area contributed by atoms with Crippen molar-refractivity contribution in [3.8, 4) is 22.8 Å². The molecule has 1 N–H and O–H groups in total. The van der Waals surface area contributed by atoms with E-state index in [1.165, 1.54) is 30.5 Å². The molecule has 0 amide bonds. The number of aromatic nitrogens is 1. The van der Waals surface area contributed by atoms with Crippen LogP contribution in [0.25, 0.3) is 22.3 Å². The van der Waals surface area contributed by atoms with Crippen LogP contribution in [0.15, 0.2) is 82.3 Å². The van der Waals surface area contributed by atoms with Gasteiger partial charge in [-0.25, -0.2) is 4.79 Å². The van der Waals surface area contributed by atoms with Crippen molar-refractivity contribution in [3.05, 3.63) is 88.8 Å². The van der Waals surface area contributed by atoms with Gasteiger partial charge in [-0.05, 0) is 36.4 Å². The summed E-state index contributed by atoms with van der Waals surface area (Å²) in [5, 5.41) is 10.8. The van der Waals surface area contributed by atoms with Crippen LogP contribution >= 0.6 is 0 Å². The first-order chi connectivity index (χ1) is 13.1. The van der Waals surface area contributed by atoms with Crippen molar-refractivity contribution in [2.24, 2.45) is 0 Å². The number of phenolic OH excluding ortho intramolecular Hbond substituents is 1. The number of fused-ring (bicyclic) bond motifs is 1. The lowest BCUT2D eigenvalue weighted by molar-refractivity contribution is 0.0734. The van der Waals surface area contributed by atoms with Gasteiger partial charge in [-0.2, -0.15) is 0 Å². The van der Waals surface area contributed by atoms with Gasteiger partial charge in [-0.15, -0.1) is 0 Å². The van der Waals surface area contributed by atoms with E-state index in [2.05, 4.69) is 4.98 Å². The van der Waals surface area contributed by atoms with E-state index >= 15 is 0 Å². The van der Waals surface area contributed by atoms with E-state index < -0.39 is 5.97 Å². The highest BCUT2D eigenvalue weighted by molar-refractivity contribution is 5.90. The Kier molecular flexibility index (Phi) is 4.14. The molecule has 2 aromatic carbocycles. The van der Waals surface area contributed by atoms with Gasteiger partial charge in [0.25, 0.3) is 0 Å². The van der Waals surface area contributed by atoms with Crippen LogP contribution in [-0.4, -0.2) is 16.1 Å². The summed E-state index contributed by atoms with van der Waals surface area (Å²) >= 11 is 0. The molecule has 6 nitrogen and oxygen atoms in total. The predicted molar refractivity (Wildman–Crippen MR) is 98.8 cm³/mol. The first-order valence-corrected chi connectivity index (χ1v) is 8.10. The highest BCUT2D eigenvalue weighted by Gasteiger charge is 2.14. The molecule has 0 atom stereocenters. The summed E-state index contributed by atoms with van der Waals surface area (Å²) in [7, 11) is 0. The van der Waals surface area contributed by atoms with Crippen molar-refractivity contribution in [2.75, 3.05) is 0 Å². The Morgan fingerprint density at radius 3 is 2.67 bits per heavy atom. The maximum atomic E-state index is 12.2. The third kappa shape index (κ3) is 3.28. The van der Waals surface area contributed by atoms with Crippen LogP contribution in [0.2, 0.25) is 0 Å². The quantitative estimate of drug-likeness (QED) is 0.442. The molecule has 0 saturated heterocycles. The lowest BCUT2D eigenvalue weighted by atomic mass is 10.1. The first kappa shape index (κ1) is 16.5. The predicted octanol–water partition coefficient (Wildman–Crippen LogP) is 3.78. The molecule has 4 aromatic rings. The molecule has 0 bridgehead atoms. The topological polar surface area (TPSA) is 89.6 Å². The number of para-hydroxylation sites is 1. The van der Waals surface area contributed by atoms with Crippen LogP contribution in [0, 0.1) is 0 Å². The molecule has 0 aliphatic heterocycles. The minimum absolute atomic E-state index is 0.160.